The van der Waals surface area contributed by atoms with Gasteiger partial charge in [0.25, 0.3) is 0 Å². The minimum absolute atomic E-state index is 0.176. The van der Waals surface area contributed by atoms with Crippen LogP contribution in [0.5, 0.6) is 0 Å². The fourth-order valence-corrected chi connectivity index (χ4v) is 3.15. The predicted octanol–water partition coefficient (Wildman–Crippen LogP) is 4.62. The van der Waals surface area contributed by atoms with Gasteiger partial charge in [-0.05, 0) is 58.2 Å². The fraction of sp³-hybridized carbons (Fsp3) is 0.450. The molecule has 0 bridgehead atoms. The van der Waals surface area contributed by atoms with Crippen LogP contribution in [0.3, 0.4) is 0 Å². The van der Waals surface area contributed by atoms with E-state index in [9.17, 15) is 18.0 Å². The van der Waals surface area contributed by atoms with E-state index < -0.39 is 23.4 Å². The number of hydrogen-bond acceptors (Lipinski definition) is 5. The summed E-state index contributed by atoms with van der Waals surface area (Å²) in [6, 6.07) is 4.76. The van der Waals surface area contributed by atoms with Gasteiger partial charge >= 0.3 is 12.3 Å². The van der Waals surface area contributed by atoms with Gasteiger partial charge in [-0.1, -0.05) is 6.07 Å². The third-order valence-corrected chi connectivity index (χ3v) is 4.39. The number of hydrogen-bond donors (Lipinski definition) is 2. The first-order valence-electron chi connectivity index (χ1n) is 9.28. The van der Waals surface area contributed by atoms with Crippen LogP contribution in [0.1, 0.15) is 44.0 Å². The number of amides is 1. The summed E-state index contributed by atoms with van der Waals surface area (Å²) in [7, 11) is 0. The minimum Gasteiger partial charge on any atom is -0.444 e. The van der Waals surface area contributed by atoms with E-state index in [0.717, 1.165) is 23.4 Å². The first-order valence-corrected chi connectivity index (χ1v) is 9.28. The van der Waals surface area contributed by atoms with E-state index in [2.05, 4.69) is 20.6 Å². The SMILES string of the molecule is CC(C)(C)OC(=O)NC1CCc2ncnc(Nc3cccc(C(F)(F)F)c3)c2C1. The van der Waals surface area contributed by atoms with Crippen molar-refractivity contribution < 1.29 is 22.7 Å². The Morgan fingerprint density at radius 3 is 2.66 bits per heavy atom. The largest absolute Gasteiger partial charge is 0.444 e. The van der Waals surface area contributed by atoms with Crippen LogP contribution in [-0.2, 0) is 23.8 Å². The highest BCUT2D eigenvalue weighted by Gasteiger charge is 2.31. The predicted molar refractivity (Wildman–Crippen MR) is 102 cm³/mol. The van der Waals surface area contributed by atoms with Gasteiger partial charge in [-0.15, -0.1) is 0 Å². The highest BCUT2D eigenvalue weighted by molar-refractivity contribution is 5.68. The molecule has 0 fully saturated rings. The minimum atomic E-state index is -4.43. The molecule has 156 valence electrons. The second-order valence-electron chi connectivity index (χ2n) is 7.94. The molecular formula is C20H23F3N4O2. The number of carbonyl (C=O) groups excluding carboxylic acids is 1. The van der Waals surface area contributed by atoms with Crippen molar-refractivity contribution in [1.29, 1.82) is 0 Å². The summed E-state index contributed by atoms with van der Waals surface area (Å²) in [4.78, 5) is 20.5. The van der Waals surface area contributed by atoms with Crippen LogP contribution in [0, 0.1) is 0 Å². The van der Waals surface area contributed by atoms with Crippen molar-refractivity contribution in [2.24, 2.45) is 0 Å². The molecular weight excluding hydrogens is 385 g/mol. The molecule has 1 amide bonds. The van der Waals surface area contributed by atoms with Gasteiger partial charge in [0.1, 0.15) is 17.7 Å². The quantitative estimate of drug-likeness (QED) is 0.775. The number of aromatic nitrogens is 2. The zero-order chi connectivity index (χ0) is 21.2. The number of benzene rings is 1. The number of halogens is 3. The first kappa shape index (κ1) is 20.9. The van der Waals surface area contributed by atoms with E-state index in [1.807, 2.05) is 0 Å². The Kier molecular flexibility index (Phi) is 5.68. The lowest BCUT2D eigenvalue weighted by molar-refractivity contribution is -0.137. The molecule has 2 aromatic rings. The van der Waals surface area contributed by atoms with Crippen LogP contribution < -0.4 is 10.6 Å². The Bertz CT molecular complexity index is 894. The van der Waals surface area contributed by atoms with E-state index in [4.69, 9.17) is 4.74 Å². The van der Waals surface area contributed by atoms with E-state index in [0.29, 0.717) is 25.1 Å². The number of alkyl halides is 3. The van der Waals surface area contributed by atoms with Gasteiger partial charge < -0.3 is 15.4 Å². The Morgan fingerprint density at radius 1 is 1.21 bits per heavy atom. The van der Waals surface area contributed by atoms with Crippen LogP contribution in [-0.4, -0.2) is 27.7 Å². The van der Waals surface area contributed by atoms with Crippen molar-refractivity contribution >= 4 is 17.6 Å². The van der Waals surface area contributed by atoms with E-state index in [1.165, 1.54) is 12.4 Å². The molecule has 2 N–H and O–H groups in total. The Morgan fingerprint density at radius 2 is 1.97 bits per heavy atom. The zero-order valence-electron chi connectivity index (χ0n) is 16.4. The summed E-state index contributed by atoms with van der Waals surface area (Å²) in [6.45, 7) is 5.36. The molecule has 1 aromatic carbocycles. The number of rotatable bonds is 3. The van der Waals surface area contributed by atoms with E-state index in [-0.39, 0.29) is 11.7 Å². The van der Waals surface area contributed by atoms with Gasteiger partial charge in [0.05, 0.1) is 5.56 Å². The maximum atomic E-state index is 13.0. The molecule has 1 atom stereocenters. The lowest BCUT2D eigenvalue weighted by Gasteiger charge is -2.28. The summed E-state index contributed by atoms with van der Waals surface area (Å²) < 4.78 is 44.2. The fourth-order valence-electron chi connectivity index (χ4n) is 3.15. The Labute approximate surface area is 166 Å². The molecule has 29 heavy (non-hydrogen) atoms. The van der Waals surface area contributed by atoms with E-state index >= 15 is 0 Å². The average Bonchev–Trinajstić information content (AvgIpc) is 2.60. The van der Waals surface area contributed by atoms with Gasteiger partial charge in [0.15, 0.2) is 0 Å². The number of ether oxygens (including phenoxy) is 1. The molecule has 0 radical (unpaired) electrons. The number of nitrogens with zero attached hydrogens (tertiary/aromatic N) is 2. The Hall–Kier alpha value is -2.84. The van der Waals surface area contributed by atoms with Crippen molar-refractivity contribution in [3.05, 3.63) is 47.4 Å². The standard InChI is InChI=1S/C20H23F3N4O2/c1-19(2,3)29-18(28)27-14-7-8-16-15(10-14)17(25-11-24-16)26-13-6-4-5-12(9-13)20(21,22)23/h4-6,9,11,14H,7-8,10H2,1-3H3,(H,27,28)(H,24,25,26). The number of nitrogens with one attached hydrogen (secondary N) is 2. The van der Waals surface area contributed by atoms with Gasteiger partial charge in [-0.2, -0.15) is 13.2 Å². The molecule has 0 saturated heterocycles. The van der Waals surface area contributed by atoms with Crippen molar-refractivity contribution in [2.75, 3.05) is 5.32 Å². The van der Waals surface area contributed by atoms with Crippen LogP contribution in [0.2, 0.25) is 0 Å². The molecule has 9 heteroatoms. The summed E-state index contributed by atoms with van der Waals surface area (Å²) in [5.41, 5.74) is 0.530. The highest BCUT2D eigenvalue weighted by Crippen LogP contribution is 2.32. The molecule has 3 rings (SSSR count). The van der Waals surface area contributed by atoms with Crippen LogP contribution in [0.15, 0.2) is 30.6 Å². The summed E-state index contributed by atoms with van der Waals surface area (Å²) in [5.74, 6) is 0.435. The van der Waals surface area contributed by atoms with Gasteiger partial charge in [-0.25, -0.2) is 14.8 Å². The molecule has 0 saturated carbocycles. The Balaban J connectivity index is 1.77. The molecule has 1 aromatic heterocycles. The van der Waals surface area contributed by atoms with Gasteiger partial charge in [-0.3, -0.25) is 0 Å². The number of aryl methyl sites for hydroxylation is 1. The molecule has 0 spiro atoms. The monoisotopic (exact) mass is 408 g/mol. The second-order valence-corrected chi connectivity index (χ2v) is 7.94. The molecule has 6 nitrogen and oxygen atoms in total. The third-order valence-electron chi connectivity index (χ3n) is 4.39. The molecule has 1 heterocycles. The zero-order valence-corrected chi connectivity index (χ0v) is 16.4. The van der Waals surface area contributed by atoms with Crippen LogP contribution in [0.4, 0.5) is 29.5 Å². The van der Waals surface area contributed by atoms with Gasteiger partial charge in [0, 0.05) is 23.0 Å². The lowest BCUT2D eigenvalue weighted by atomic mass is 9.92. The van der Waals surface area contributed by atoms with Crippen LogP contribution in [0.25, 0.3) is 0 Å². The van der Waals surface area contributed by atoms with Gasteiger partial charge in [0.2, 0.25) is 0 Å². The third kappa shape index (κ3) is 5.58. The maximum Gasteiger partial charge on any atom is 0.416 e. The number of fused-ring (bicyclic) bond motifs is 1. The summed E-state index contributed by atoms with van der Waals surface area (Å²) in [6.07, 6.45) is -1.78. The summed E-state index contributed by atoms with van der Waals surface area (Å²) in [5, 5.41) is 5.80. The smallest absolute Gasteiger partial charge is 0.416 e. The highest BCUT2D eigenvalue weighted by atomic mass is 19.4. The number of anilines is 2. The van der Waals surface area contributed by atoms with E-state index in [1.54, 1.807) is 26.8 Å². The van der Waals surface area contributed by atoms with Crippen molar-refractivity contribution in [3.8, 4) is 0 Å². The molecule has 0 aliphatic heterocycles. The van der Waals surface area contributed by atoms with Crippen LogP contribution >= 0.6 is 0 Å². The lowest BCUT2D eigenvalue weighted by Crippen LogP contribution is -2.42. The number of alkyl carbamates (subject to hydrolysis) is 1. The molecule has 1 aliphatic rings. The maximum absolute atomic E-state index is 13.0. The first-order chi connectivity index (χ1) is 13.5. The molecule has 1 unspecified atom stereocenters. The molecule has 1 aliphatic carbocycles. The van der Waals surface area contributed by atoms with Crippen molar-refractivity contribution in [1.82, 2.24) is 15.3 Å². The average molecular weight is 408 g/mol. The second kappa shape index (κ2) is 7.88. The normalized spacial score (nSPS) is 16.7. The van der Waals surface area contributed by atoms with Crippen molar-refractivity contribution in [3.63, 3.8) is 0 Å². The number of carbonyl (C=O) groups is 1. The van der Waals surface area contributed by atoms with Crippen molar-refractivity contribution in [2.45, 2.75) is 57.9 Å². The summed E-state index contributed by atoms with van der Waals surface area (Å²) >= 11 is 0. The topological polar surface area (TPSA) is 76.1 Å².